The maximum Gasteiger partial charge on any atom is 0.120 e. The first kappa shape index (κ1) is 16.2. The Bertz CT molecular complexity index is 431. The van der Waals surface area contributed by atoms with Gasteiger partial charge in [-0.25, -0.2) is 0 Å². The Morgan fingerprint density at radius 1 is 1.29 bits per heavy atom. The van der Waals surface area contributed by atoms with Gasteiger partial charge in [-0.05, 0) is 23.3 Å². The summed E-state index contributed by atoms with van der Waals surface area (Å²) >= 11 is 0. The lowest BCUT2D eigenvalue weighted by Gasteiger charge is -2.42. The van der Waals surface area contributed by atoms with E-state index < -0.39 is 0 Å². The van der Waals surface area contributed by atoms with E-state index in [1.165, 1.54) is 5.56 Å². The summed E-state index contributed by atoms with van der Waals surface area (Å²) in [5.41, 5.74) is 1.19. The molecule has 0 aromatic heterocycles. The van der Waals surface area contributed by atoms with E-state index in [0.29, 0.717) is 31.5 Å². The van der Waals surface area contributed by atoms with E-state index in [4.69, 9.17) is 9.47 Å². The number of benzene rings is 1. The first-order valence-electron chi connectivity index (χ1n) is 7.84. The molecule has 116 valence electrons. The third-order valence-electron chi connectivity index (χ3n) is 4.72. The monoisotopic (exact) mass is 290 g/mol. The second-order valence-electron chi connectivity index (χ2n) is 6.23. The van der Waals surface area contributed by atoms with Crippen molar-refractivity contribution in [2.75, 3.05) is 6.61 Å². The lowest BCUT2D eigenvalue weighted by atomic mass is 9.79. The van der Waals surface area contributed by atoms with Crippen LogP contribution in [-0.4, -0.2) is 25.1 Å². The summed E-state index contributed by atoms with van der Waals surface area (Å²) in [5, 5.41) is 0. The van der Waals surface area contributed by atoms with Crippen LogP contribution in [0.2, 0.25) is 0 Å². The summed E-state index contributed by atoms with van der Waals surface area (Å²) in [6.45, 7) is 7.76. The van der Waals surface area contributed by atoms with Crippen molar-refractivity contribution in [2.24, 2.45) is 17.8 Å². The minimum Gasteiger partial charge on any atom is -0.375 e. The van der Waals surface area contributed by atoms with Crippen molar-refractivity contribution in [1.82, 2.24) is 0 Å². The second kappa shape index (κ2) is 7.71. The van der Waals surface area contributed by atoms with Crippen molar-refractivity contribution in [3.63, 3.8) is 0 Å². The topological polar surface area (TPSA) is 35.5 Å². The van der Waals surface area contributed by atoms with E-state index in [2.05, 4.69) is 32.9 Å². The summed E-state index contributed by atoms with van der Waals surface area (Å²) < 4.78 is 12.0. The highest BCUT2D eigenvalue weighted by molar-refractivity contribution is 5.49. The SMILES string of the molecule is C[C@H](CC=O)C1OCC(OCc2ccccc2)[C@@H](C)[C@@H]1C. The van der Waals surface area contributed by atoms with E-state index in [9.17, 15) is 4.79 Å². The summed E-state index contributed by atoms with van der Waals surface area (Å²) in [6, 6.07) is 10.2. The normalized spacial score (nSPS) is 30.8. The Morgan fingerprint density at radius 2 is 2.00 bits per heavy atom. The molecule has 2 unspecified atom stereocenters. The van der Waals surface area contributed by atoms with E-state index >= 15 is 0 Å². The third-order valence-corrected chi connectivity index (χ3v) is 4.72. The summed E-state index contributed by atoms with van der Waals surface area (Å²) in [5.74, 6) is 1.10. The zero-order chi connectivity index (χ0) is 15.2. The summed E-state index contributed by atoms with van der Waals surface area (Å²) in [7, 11) is 0. The van der Waals surface area contributed by atoms with Gasteiger partial charge in [-0.3, -0.25) is 0 Å². The molecule has 5 atom stereocenters. The smallest absolute Gasteiger partial charge is 0.120 e. The van der Waals surface area contributed by atoms with Crippen molar-refractivity contribution >= 4 is 6.29 Å². The highest BCUT2D eigenvalue weighted by Gasteiger charge is 2.37. The predicted molar refractivity (Wildman–Crippen MR) is 82.9 cm³/mol. The van der Waals surface area contributed by atoms with Gasteiger partial charge in [-0.2, -0.15) is 0 Å². The van der Waals surface area contributed by atoms with Crippen LogP contribution in [0, 0.1) is 17.8 Å². The van der Waals surface area contributed by atoms with Crippen LogP contribution in [0.25, 0.3) is 0 Å². The fourth-order valence-corrected chi connectivity index (χ4v) is 3.09. The maximum absolute atomic E-state index is 10.7. The number of carbonyl (C=O) groups excluding carboxylic acids is 1. The zero-order valence-electron chi connectivity index (χ0n) is 13.2. The number of hydrogen-bond acceptors (Lipinski definition) is 3. The van der Waals surface area contributed by atoms with Gasteiger partial charge in [0, 0.05) is 6.42 Å². The molecule has 0 aliphatic carbocycles. The van der Waals surface area contributed by atoms with Crippen LogP contribution >= 0.6 is 0 Å². The Labute approximate surface area is 127 Å². The lowest BCUT2D eigenvalue weighted by Crippen LogP contribution is -2.46. The van der Waals surface area contributed by atoms with Gasteiger partial charge in [0.25, 0.3) is 0 Å². The molecule has 0 bridgehead atoms. The van der Waals surface area contributed by atoms with Crippen molar-refractivity contribution in [3.8, 4) is 0 Å². The standard InChI is InChI=1S/C18H26O3/c1-13(9-10-19)18-15(3)14(2)17(12-21-18)20-11-16-7-5-4-6-8-16/h4-8,10,13-15,17-18H,9,11-12H2,1-3H3/t13-,14+,15+,17?,18?/m1/s1. The average Bonchev–Trinajstić information content (AvgIpc) is 2.50. The van der Waals surface area contributed by atoms with Crippen LogP contribution in [0.3, 0.4) is 0 Å². The van der Waals surface area contributed by atoms with Crippen LogP contribution in [-0.2, 0) is 20.9 Å². The lowest BCUT2D eigenvalue weighted by molar-refractivity contribution is -0.159. The number of aldehydes is 1. The minimum absolute atomic E-state index is 0.125. The van der Waals surface area contributed by atoms with Gasteiger partial charge in [0.1, 0.15) is 6.29 Å². The minimum atomic E-state index is 0.125. The molecule has 1 saturated heterocycles. The van der Waals surface area contributed by atoms with E-state index in [0.717, 1.165) is 6.29 Å². The average molecular weight is 290 g/mol. The molecule has 1 aromatic rings. The quantitative estimate of drug-likeness (QED) is 0.753. The van der Waals surface area contributed by atoms with E-state index in [1.807, 2.05) is 18.2 Å². The van der Waals surface area contributed by atoms with Gasteiger partial charge in [-0.1, -0.05) is 51.1 Å². The largest absolute Gasteiger partial charge is 0.375 e. The van der Waals surface area contributed by atoms with Crippen molar-refractivity contribution < 1.29 is 14.3 Å². The number of ether oxygens (including phenoxy) is 2. The van der Waals surface area contributed by atoms with Gasteiger partial charge in [-0.15, -0.1) is 0 Å². The first-order chi connectivity index (χ1) is 10.1. The highest BCUT2D eigenvalue weighted by Crippen LogP contribution is 2.33. The summed E-state index contributed by atoms with van der Waals surface area (Å²) in [4.78, 5) is 10.7. The predicted octanol–water partition coefficient (Wildman–Crippen LogP) is 3.47. The molecule has 1 heterocycles. The van der Waals surface area contributed by atoms with Crippen molar-refractivity contribution in [1.29, 1.82) is 0 Å². The first-order valence-corrected chi connectivity index (χ1v) is 7.84. The fourth-order valence-electron chi connectivity index (χ4n) is 3.09. The molecule has 1 fully saturated rings. The van der Waals surface area contributed by atoms with Crippen LogP contribution < -0.4 is 0 Å². The van der Waals surface area contributed by atoms with Crippen LogP contribution in [0.4, 0.5) is 0 Å². The molecule has 0 N–H and O–H groups in total. The van der Waals surface area contributed by atoms with Crippen molar-refractivity contribution in [3.05, 3.63) is 35.9 Å². The molecule has 3 nitrogen and oxygen atoms in total. The molecule has 1 aliphatic rings. The molecule has 0 spiro atoms. The fraction of sp³-hybridized carbons (Fsp3) is 0.611. The molecule has 1 aliphatic heterocycles. The van der Waals surface area contributed by atoms with Gasteiger partial charge in [0.15, 0.2) is 0 Å². The van der Waals surface area contributed by atoms with Crippen LogP contribution in [0.5, 0.6) is 0 Å². The van der Waals surface area contributed by atoms with Crippen molar-refractivity contribution in [2.45, 2.75) is 46.0 Å². The molecule has 21 heavy (non-hydrogen) atoms. The molecule has 1 aromatic carbocycles. The Kier molecular flexibility index (Phi) is 5.95. The van der Waals surface area contributed by atoms with Gasteiger partial charge >= 0.3 is 0 Å². The molecule has 2 rings (SSSR count). The molecule has 0 amide bonds. The second-order valence-corrected chi connectivity index (χ2v) is 6.23. The Hall–Kier alpha value is -1.19. The molecule has 0 saturated carbocycles. The Morgan fingerprint density at radius 3 is 2.67 bits per heavy atom. The zero-order valence-corrected chi connectivity index (χ0v) is 13.2. The molecular weight excluding hydrogens is 264 g/mol. The Balaban J connectivity index is 1.88. The summed E-state index contributed by atoms with van der Waals surface area (Å²) in [6.07, 6.45) is 1.84. The van der Waals surface area contributed by atoms with E-state index in [1.54, 1.807) is 0 Å². The van der Waals surface area contributed by atoms with Gasteiger partial charge in [0.2, 0.25) is 0 Å². The number of carbonyl (C=O) groups is 1. The van der Waals surface area contributed by atoms with E-state index in [-0.39, 0.29) is 18.1 Å². The molecule has 3 heteroatoms. The third kappa shape index (κ3) is 4.14. The van der Waals surface area contributed by atoms with Crippen LogP contribution in [0.1, 0.15) is 32.8 Å². The van der Waals surface area contributed by atoms with Gasteiger partial charge in [0.05, 0.1) is 25.4 Å². The number of rotatable bonds is 6. The maximum atomic E-state index is 10.7. The highest BCUT2D eigenvalue weighted by atomic mass is 16.5. The molecule has 0 radical (unpaired) electrons. The van der Waals surface area contributed by atoms with Gasteiger partial charge < -0.3 is 14.3 Å². The van der Waals surface area contributed by atoms with Crippen LogP contribution in [0.15, 0.2) is 30.3 Å². The molecular formula is C18H26O3. The number of hydrogen-bond donors (Lipinski definition) is 0.